The summed E-state index contributed by atoms with van der Waals surface area (Å²) in [6, 6.07) is 10.1. The predicted octanol–water partition coefficient (Wildman–Crippen LogP) is 3.44. The fourth-order valence-electron chi connectivity index (χ4n) is 0.933. The first-order chi connectivity index (χ1) is 5.84. The third-order valence-corrected chi connectivity index (χ3v) is 1.58. The van der Waals surface area contributed by atoms with Gasteiger partial charge >= 0.3 is 0 Å². The molecule has 0 heterocycles. The van der Waals surface area contributed by atoms with Crippen LogP contribution in [0.1, 0.15) is 5.56 Å². The van der Waals surface area contributed by atoms with Crippen LogP contribution in [0.25, 0.3) is 5.57 Å². The Bertz CT molecular complexity index is 291. The minimum Gasteiger partial charge on any atom is -0.0991 e. The molecule has 1 rings (SSSR count). The van der Waals surface area contributed by atoms with E-state index in [9.17, 15) is 0 Å². The van der Waals surface area contributed by atoms with Gasteiger partial charge in [0.2, 0.25) is 0 Å². The van der Waals surface area contributed by atoms with Crippen LogP contribution >= 0.6 is 0 Å². The first kappa shape index (κ1) is 8.54. The molecule has 0 unspecified atom stereocenters. The second kappa shape index (κ2) is 4.35. The normalized spacial score (nSPS) is 10.0. The summed E-state index contributed by atoms with van der Waals surface area (Å²) in [7, 11) is 0. The summed E-state index contributed by atoms with van der Waals surface area (Å²) in [5.74, 6) is 0. The number of hydrogen-bond acceptors (Lipinski definition) is 0. The Hall–Kier alpha value is -1.56. The highest BCUT2D eigenvalue weighted by Crippen LogP contribution is 2.12. The quantitative estimate of drug-likeness (QED) is 0.588. The van der Waals surface area contributed by atoms with E-state index in [2.05, 4.69) is 13.2 Å². The molecule has 0 atom stereocenters. The summed E-state index contributed by atoms with van der Waals surface area (Å²) in [4.78, 5) is 0. The van der Waals surface area contributed by atoms with E-state index >= 15 is 0 Å². The van der Waals surface area contributed by atoms with E-state index in [0.717, 1.165) is 11.1 Å². The molecule has 0 amide bonds. The maximum Gasteiger partial charge on any atom is -0.0190 e. The van der Waals surface area contributed by atoms with E-state index in [0.29, 0.717) is 0 Å². The molecule has 0 saturated carbocycles. The lowest BCUT2D eigenvalue weighted by molar-refractivity contribution is 1.63. The molecule has 0 aliphatic rings. The Balaban J connectivity index is 2.79. The highest BCUT2D eigenvalue weighted by atomic mass is 13.9. The monoisotopic (exact) mass is 156 g/mol. The SMILES string of the molecule is C=C/C=C\C(=C)c1ccccc1. The third-order valence-electron chi connectivity index (χ3n) is 1.58. The molecular formula is C12H12. The van der Waals surface area contributed by atoms with Gasteiger partial charge in [-0.25, -0.2) is 0 Å². The van der Waals surface area contributed by atoms with E-state index in [1.165, 1.54) is 0 Å². The van der Waals surface area contributed by atoms with Crippen molar-refractivity contribution in [2.24, 2.45) is 0 Å². The molecule has 12 heavy (non-hydrogen) atoms. The van der Waals surface area contributed by atoms with Crippen LogP contribution in [0.3, 0.4) is 0 Å². The van der Waals surface area contributed by atoms with E-state index in [-0.39, 0.29) is 0 Å². The molecule has 1 aromatic rings. The molecule has 0 bridgehead atoms. The molecular weight excluding hydrogens is 144 g/mol. The zero-order valence-electron chi connectivity index (χ0n) is 7.03. The summed E-state index contributed by atoms with van der Waals surface area (Å²) in [5.41, 5.74) is 2.16. The van der Waals surface area contributed by atoms with Gasteiger partial charge in [0, 0.05) is 0 Å². The van der Waals surface area contributed by atoms with Crippen molar-refractivity contribution in [1.82, 2.24) is 0 Å². The molecule has 0 N–H and O–H groups in total. The first-order valence-corrected chi connectivity index (χ1v) is 3.88. The van der Waals surface area contributed by atoms with Gasteiger partial charge in [-0.1, -0.05) is 61.7 Å². The van der Waals surface area contributed by atoms with Crippen LogP contribution in [0.4, 0.5) is 0 Å². The van der Waals surface area contributed by atoms with Crippen LogP contribution in [0.15, 0.2) is 61.7 Å². The van der Waals surface area contributed by atoms with Crippen LogP contribution in [-0.2, 0) is 0 Å². The standard InChI is InChI=1S/C12H12/c1-3-4-8-11(2)12-9-6-5-7-10-12/h3-10H,1-2H2/b8-4-. The molecule has 1 aromatic carbocycles. The summed E-state index contributed by atoms with van der Waals surface area (Å²) in [6.45, 7) is 7.53. The van der Waals surface area contributed by atoms with Crippen LogP contribution in [0.2, 0.25) is 0 Å². The molecule has 0 heteroatoms. The average Bonchev–Trinajstić information content (AvgIpc) is 2.15. The van der Waals surface area contributed by atoms with Gasteiger partial charge in [-0.3, -0.25) is 0 Å². The lowest BCUT2D eigenvalue weighted by atomic mass is 10.1. The van der Waals surface area contributed by atoms with Crippen molar-refractivity contribution in [1.29, 1.82) is 0 Å². The summed E-state index contributed by atoms with van der Waals surface area (Å²) in [6.07, 6.45) is 5.58. The fraction of sp³-hybridized carbons (Fsp3) is 0. The number of hydrogen-bond donors (Lipinski definition) is 0. The van der Waals surface area contributed by atoms with Gasteiger partial charge in [-0.2, -0.15) is 0 Å². The lowest BCUT2D eigenvalue weighted by Crippen LogP contribution is -1.75. The van der Waals surface area contributed by atoms with Crippen LogP contribution in [0.5, 0.6) is 0 Å². The van der Waals surface area contributed by atoms with Crippen molar-refractivity contribution in [3.63, 3.8) is 0 Å². The number of benzene rings is 1. The predicted molar refractivity (Wildman–Crippen MR) is 54.8 cm³/mol. The Morgan fingerprint density at radius 3 is 2.42 bits per heavy atom. The molecule has 0 aromatic heterocycles. The second-order valence-electron chi connectivity index (χ2n) is 2.49. The second-order valence-corrected chi connectivity index (χ2v) is 2.49. The zero-order valence-corrected chi connectivity index (χ0v) is 7.03. The highest BCUT2D eigenvalue weighted by Gasteiger charge is 1.90. The lowest BCUT2D eigenvalue weighted by Gasteiger charge is -1.97. The van der Waals surface area contributed by atoms with Gasteiger partial charge in [0.1, 0.15) is 0 Å². The Morgan fingerprint density at radius 2 is 1.83 bits per heavy atom. The van der Waals surface area contributed by atoms with Crippen LogP contribution < -0.4 is 0 Å². The first-order valence-electron chi connectivity index (χ1n) is 3.88. The Labute approximate surface area is 73.6 Å². The van der Waals surface area contributed by atoms with Crippen molar-refractivity contribution in [3.8, 4) is 0 Å². The van der Waals surface area contributed by atoms with Gasteiger partial charge in [0.15, 0.2) is 0 Å². The van der Waals surface area contributed by atoms with Crippen molar-refractivity contribution in [2.75, 3.05) is 0 Å². The molecule has 0 fully saturated rings. The van der Waals surface area contributed by atoms with E-state index in [1.54, 1.807) is 6.08 Å². The van der Waals surface area contributed by atoms with Gasteiger partial charge in [-0.15, -0.1) is 0 Å². The summed E-state index contributed by atoms with van der Waals surface area (Å²) < 4.78 is 0. The smallest absolute Gasteiger partial charge is 0.0190 e. The van der Waals surface area contributed by atoms with E-state index in [1.807, 2.05) is 42.5 Å². The van der Waals surface area contributed by atoms with Gasteiger partial charge in [0.05, 0.1) is 0 Å². The molecule has 0 aliphatic carbocycles. The van der Waals surface area contributed by atoms with Crippen LogP contribution in [-0.4, -0.2) is 0 Å². The van der Waals surface area contributed by atoms with Gasteiger partial charge < -0.3 is 0 Å². The molecule has 0 saturated heterocycles. The van der Waals surface area contributed by atoms with Gasteiger partial charge in [-0.05, 0) is 11.1 Å². The van der Waals surface area contributed by atoms with Crippen molar-refractivity contribution < 1.29 is 0 Å². The van der Waals surface area contributed by atoms with E-state index in [4.69, 9.17) is 0 Å². The van der Waals surface area contributed by atoms with Crippen molar-refractivity contribution in [2.45, 2.75) is 0 Å². The molecule has 0 aliphatic heterocycles. The Morgan fingerprint density at radius 1 is 1.17 bits per heavy atom. The van der Waals surface area contributed by atoms with Gasteiger partial charge in [0.25, 0.3) is 0 Å². The Kier molecular flexibility index (Phi) is 3.09. The number of rotatable bonds is 3. The zero-order chi connectivity index (χ0) is 8.81. The van der Waals surface area contributed by atoms with E-state index < -0.39 is 0 Å². The molecule has 60 valence electrons. The average molecular weight is 156 g/mol. The maximum absolute atomic E-state index is 3.93. The molecule has 0 spiro atoms. The maximum atomic E-state index is 3.93. The third kappa shape index (κ3) is 2.24. The highest BCUT2D eigenvalue weighted by molar-refractivity contribution is 5.71. The molecule has 0 nitrogen and oxygen atoms in total. The number of allylic oxidation sites excluding steroid dienone is 4. The van der Waals surface area contributed by atoms with Crippen LogP contribution in [0, 0.1) is 0 Å². The minimum absolute atomic E-state index is 1.01. The summed E-state index contributed by atoms with van der Waals surface area (Å²) in [5, 5.41) is 0. The minimum atomic E-state index is 1.01. The summed E-state index contributed by atoms with van der Waals surface area (Å²) >= 11 is 0. The fourth-order valence-corrected chi connectivity index (χ4v) is 0.933. The largest absolute Gasteiger partial charge is 0.0991 e. The molecule has 0 radical (unpaired) electrons. The topological polar surface area (TPSA) is 0 Å². The van der Waals surface area contributed by atoms with Crippen molar-refractivity contribution >= 4 is 5.57 Å². The van der Waals surface area contributed by atoms with Crippen molar-refractivity contribution in [3.05, 3.63) is 67.3 Å².